The third-order valence-corrected chi connectivity index (χ3v) is 5.34. The number of benzene rings is 2. The van der Waals surface area contributed by atoms with Crippen molar-refractivity contribution in [2.75, 3.05) is 13.7 Å². The Morgan fingerprint density at radius 2 is 1.89 bits per heavy atom. The zero-order chi connectivity index (χ0) is 26.7. The van der Waals surface area contributed by atoms with Crippen LogP contribution < -0.4 is 25.0 Å². The minimum Gasteiger partial charge on any atom is -0.493 e. The topological polar surface area (TPSA) is 98.2 Å². The zero-order valence-corrected chi connectivity index (χ0v) is 22.0. The van der Waals surface area contributed by atoms with Gasteiger partial charge in [0.2, 0.25) is 0 Å². The van der Waals surface area contributed by atoms with Gasteiger partial charge in [0, 0.05) is 10.6 Å². The van der Waals surface area contributed by atoms with E-state index in [-0.39, 0.29) is 17.5 Å². The Hall–Kier alpha value is -3.41. The molecule has 36 heavy (non-hydrogen) atoms. The molecule has 0 saturated heterocycles. The third kappa shape index (κ3) is 8.67. The van der Waals surface area contributed by atoms with Crippen molar-refractivity contribution in [2.24, 2.45) is 11.0 Å². The fraction of sp³-hybridized carbons (Fsp3) is 0.346. The lowest BCUT2D eigenvalue weighted by Crippen LogP contribution is -2.49. The number of nitrogens with zero attached hydrogens (tertiary/aromatic N) is 1. The molecule has 0 bridgehead atoms. The number of para-hydroxylation sites is 1. The van der Waals surface area contributed by atoms with Gasteiger partial charge in [0.15, 0.2) is 17.6 Å². The molecule has 0 fully saturated rings. The highest BCUT2D eigenvalue weighted by Gasteiger charge is 2.25. The fourth-order valence-corrected chi connectivity index (χ4v) is 3.57. The summed E-state index contributed by atoms with van der Waals surface area (Å²) in [5.74, 6) is 2.72. The number of hydrogen-bond donors (Lipinski definition) is 2. The highest BCUT2D eigenvalue weighted by atomic mass is 35.5. The smallest absolute Gasteiger partial charge is 0.262 e. The maximum absolute atomic E-state index is 12.9. The van der Waals surface area contributed by atoms with Crippen LogP contribution >= 0.6 is 23.2 Å². The normalized spacial score (nSPS) is 12.5. The van der Waals surface area contributed by atoms with E-state index in [2.05, 4.69) is 21.8 Å². The maximum atomic E-state index is 12.9. The molecule has 2 aromatic carbocycles. The van der Waals surface area contributed by atoms with E-state index in [0.29, 0.717) is 34.3 Å². The minimum atomic E-state index is -0.915. The van der Waals surface area contributed by atoms with E-state index in [1.807, 2.05) is 13.8 Å². The number of carbonyl (C=O) groups excluding carboxylic acids is 2. The molecule has 0 spiro atoms. The van der Waals surface area contributed by atoms with Crippen molar-refractivity contribution in [1.82, 2.24) is 10.7 Å². The summed E-state index contributed by atoms with van der Waals surface area (Å²) >= 11 is 12.0. The first-order chi connectivity index (χ1) is 17.2. The van der Waals surface area contributed by atoms with Crippen LogP contribution in [0.3, 0.4) is 0 Å². The molecule has 0 aromatic heterocycles. The Balaban J connectivity index is 2.08. The molecular formula is C26H29Cl2N3O5. The Morgan fingerprint density at radius 3 is 2.53 bits per heavy atom. The van der Waals surface area contributed by atoms with Gasteiger partial charge in [-0.3, -0.25) is 9.59 Å². The number of hydrazone groups is 1. The first-order valence-corrected chi connectivity index (χ1v) is 11.9. The SMILES string of the molecule is C#CCOc1c(/C=N\NC(=O)[C@@H](CC(C)C)NC(=O)[C@@H](C)Oc2ccc(Cl)cc2Cl)cccc1OC. The number of amides is 2. The second kappa shape index (κ2) is 14.2. The van der Waals surface area contributed by atoms with Crippen LogP contribution in [0.1, 0.15) is 32.8 Å². The first kappa shape index (κ1) is 28.8. The van der Waals surface area contributed by atoms with Crippen molar-refractivity contribution in [3.05, 3.63) is 52.0 Å². The number of carbonyl (C=O) groups is 2. The van der Waals surface area contributed by atoms with Crippen molar-refractivity contribution in [3.63, 3.8) is 0 Å². The van der Waals surface area contributed by atoms with E-state index in [1.165, 1.54) is 19.4 Å². The van der Waals surface area contributed by atoms with Crippen LogP contribution in [0.25, 0.3) is 0 Å². The molecule has 0 aliphatic heterocycles. The lowest BCUT2D eigenvalue weighted by molar-refractivity contribution is -0.132. The first-order valence-electron chi connectivity index (χ1n) is 11.1. The van der Waals surface area contributed by atoms with Gasteiger partial charge < -0.3 is 19.5 Å². The standard InChI is InChI=1S/C26H29Cl2N3O5/c1-6-12-35-24-18(8-7-9-23(24)34-5)15-29-31-26(33)21(13-16(2)3)30-25(32)17(4)36-22-11-10-19(27)14-20(22)28/h1,7-11,14-17,21H,12-13H2,2-5H3,(H,30,32)(H,31,33)/b29-15-/t17-,21-/m1/s1. The second-order valence-corrected chi connectivity index (χ2v) is 8.97. The van der Waals surface area contributed by atoms with Crippen LogP contribution in [0.2, 0.25) is 10.0 Å². The largest absolute Gasteiger partial charge is 0.493 e. The second-order valence-electron chi connectivity index (χ2n) is 8.13. The highest BCUT2D eigenvalue weighted by molar-refractivity contribution is 6.35. The van der Waals surface area contributed by atoms with Crippen molar-refractivity contribution in [1.29, 1.82) is 0 Å². The van der Waals surface area contributed by atoms with Crippen LogP contribution in [0.5, 0.6) is 17.2 Å². The van der Waals surface area contributed by atoms with Gasteiger partial charge in [-0.25, -0.2) is 5.43 Å². The molecule has 192 valence electrons. The molecular weight excluding hydrogens is 505 g/mol. The highest BCUT2D eigenvalue weighted by Crippen LogP contribution is 2.30. The molecule has 2 rings (SSSR count). The summed E-state index contributed by atoms with van der Waals surface area (Å²) in [6.45, 7) is 5.48. The number of hydrogen-bond acceptors (Lipinski definition) is 6. The van der Waals surface area contributed by atoms with Crippen LogP contribution in [0, 0.1) is 18.3 Å². The summed E-state index contributed by atoms with van der Waals surface area (Å²) in [5, 5.41) is 7.47. The summed E-state index contributed by atoms with van der Waals surface area (Å²) in [6.07, 6.45) is 6.17. The number of terminal acetylenes is 1. The Bertz CT molecular complexity index is 1130. The van der Waals surface area contributed by atoms with E-state index in [1.54, 1.807) is 37.3 Å². The van der Waals surface area contributed by atoms with Crippen molar-refractivity contribution in [3.8, 4) is 29.6 Å². The van der Waals surface area contributed by atoms with Gasteiger partial charge in [-0.05, 0) is 49.6 Å². The predicted molar refractivity (Wildman–Crippen MR) is 141 cm³/mol. The number of nitrogens with one attached hydrogen (secondary N) is 2. The van der Waals surface area contributed by atoms with Gasteiger partial charge in [-0.1, -0.05) is 49.0 Å². The van der Waals surface area contributed by atoms with Gasteiger partial charge in [-0.2, -0.15) is 5.10 Å². The van der Waals surface area contributed by atoms with Gasteiger partial charge in [0.1, 0.15) is 18.4 Å². The maximum Gasteiger partial charge on any atom is 0.262 e. The Labute approximate surface area is 221 Å². The molecule has 8 nitrogen and oxygen atoms in total. The van der Waals surface area contributed by atoms with Gasteiger partial charge in [0.05, 0.1) is 18.3 Å². The van der Waals surface area contributed by atoms with Crippen LogP contribution in [0.4, 0.5) is 0 Å². The summed E-state index contributed by atoms with van der Waals surface area (Å²) in [4.78, 5) is 25.6. The third-order valence-electron chi connectivity index (χ3n) is 4.81. The number of rotatable bonds is 12. The molecule has 0 radical (unpaired) electrons. The predicted octanol–water partition coefficient (Wildman–Crippen LogP) is 4.46. The van der Waals surface area contributed by atoms with Crippen molar-refractivity contribution < 1.29 is 23.8 Å². The number of methoxy groups -OCH3 is 1. The zero-order valence-electron chi connectivity index (χ0n) is 20.5. The lowest BCUT2D eigenvalue weighted by Gasteiger charge is -2.22. The van der Waals surface area contributed by atoms with E-state index in [4.69, 9.17) is 43.8 Å². The fourth-order valence-electron chi connectivity index (χ4n) is 3.11. The average Bonchev–Trinajstić information content (AvgIpc) is 2.83. The quantitative estimate of drug-likeness (QED) is 0.238. The Morgan fingerprint density at radius 1 is 1.14 bits per heavy atom. The van der Waals surface area contributed by atoms with E-state index in [0.717, 1.165) is 0 Å². The van der Waals surface area contributed by atoms with E-state index in [9.17, 15) is 9.59 Å². The molecule has 0 saturated carbocycles. The number of ether oxygens (including phenoxy) is 3. The van der Waals surface area contributed by atoms with Crippen LogP contribution in [-0.2, 0) is 9.59 Å². The van der Waals surface area contributed by atoms with E-state index < -0.39 is 24.0 Å². The summed E-state index contributed by atoms with van der Waals surface area (Å²) in [6, 6.07) is 9.05. The molecule has 2 amide bonds. The average molecular weight is 534 g/mol. The summed E-state index contributed by atoms with van der Waals surface area (Å²) in [5.41, 5.74) is 3.02. The monoisotopic (exact) mass is 533 g/mol. The molecule has 0 heterocycles. The van der Waals surface area contributed by atoms with Gasteiger partial charge in [0.25, 0.3) is 11.8 Å². The van der Waals surface area contributed by atoms with Crippen LogP contribution in [-0.4, -0.2) is 43.9 Å². The van der Waals surface area contributed by atoms with Crippen LogP contribution in [0.15, 0.2) is 41.5 Å². The molecule has 2 atom stereocenters. The minimum absolute atomic E-state index is 0.0392. The lowest BCUT2D eigenvalue weighted by atomic mass is 10.0. The molecule has 0 aliphatic rings. The van der Waals surface area contributed by atoms with Gasteiger partial charge >= 0.3 is 0 Å². The van der Waals surface area contributed by atoms with Crippen molar-refractivity contribution in [2.45, 2.75) is 39.3 Å². The van der Waals surface area contributed by atoms with Gasteiger partial charge in [-0.15, -0.1) is 6.42 Å². The number of halogens is 2. The summed E-state index contributed by atoms with van der Waals surface area (Å²) in [7, 11) is 1.51. The molecule has 2 aromatic rings. The Kier molecular flexibility index (Phi) is 11.4. The van der Waals surface area contributed by atoms with E-state index >= 15 is 0 Å². The molecule has 2 N–H and O–H groups in total. The van der Waals surface area contributed by atoms with Crippen molar-refractivity contribution >= 4 is 41.2 Å². The molecule has 0 aliphatic carbocycles. The molecule has 10 heteroatoms. The summed E-state index contributed by atoms with van der Waals surface area (Å²) < 4.78 is 16.5. The molecule has 0 unspecified atom stereocenters.